The maximum Gasteiger partial charge on any atom is 0.141 e. The second-order valence-electron chi connectivity index (χ2n) is 3.62. The third-order valence-corrected chi connectivity index (χ3v) is 2.37. The van der Waals surface area contributed by atoms with Crippen LogP contribution >= 0.6 is 0 Å². The maximum atomic E-state index is 5.17. The first-order chi connectivity index (χ1) is 8.38. The molecule has 0 saturated heterocycles. The van der Waals surface area contributed by atoms with E-state index in [-0.39, 0.29) is 0 Å². The van der Waals surface area contributed by atoms with Gasteiger partial charge in [0.2, 0.25) is 0 Å². The van der Waals surface area contributed by atoms with Gasteiger partial charge in [-0.15, -0.1) is 0 Å². The summed E-state index contributed by atoms with van der Waals surface area (Å²) in [4.78, 5) is 8.29. The van der Waals surface area contributed by atoms with Gasteiger partial charge in [-0.1, -0.05) is 12.1 Å². The number of nitrogens with zero attached hydrogens (tertiary/aromatic N) is 2. The summed E-state index contributed by atoms with van der Waals surface area (Å²) in [6.45, 7) is 1.44. The van der Waals surface area contributed by atoms with Crippen LogP contribution in [-0.2, 0) is 13.1 Å². The molecule has 0 aliphatic carbocycles. The van der Waals surface area contributed by atoms with Gasteiger partial charge >= 0.3 is 0 Å². The van der Waals surface area contributed by atoms with Gasteiger partial charge < -0.3 is 10.1 Å². The molecule has 0 amide bonds. The molecule has 0 fully saturated rings. The average molecular weight is 229 g/mol. The molecular formula is C13H15N3O. The highest BCUT2D eigenvalue weighted by atomic mass is 16.5. The van der Waals surface area contributed by atoms with E-state index in [0.717, 1.165) is 18.1 Å². The normalized spacial score (nSPS) is 10.2. The van der Waals surface area contributed by atoms with E-state index in [1.54, 1.807) is 19.5 Å². The zero-order valence-corrected chi connectivity index (χ0v) is 9.76. The fourth-order valence-electron chi connectivity index (χ4n) is 1.52. The van der Waals surface area contributed by atoms with E-state index in [9.17, 15) is 0 Å². The molecule has 1 N–H and O–H groups in total. The van der Waals surface area contributed by atoms with Crippen molar-refractivity contribution in [3.05, 3.63) is 54.1 Å². The van der Waals surface area contributed by atoms with E-state index in [0.29, 0.717) is 6.54 Å². The Labute approximate surface area is 101 Å². The van der Waals surface area contributed by atoms with Crippen molar-refractivity contribution in [2.24, 2.45) is 0 Å². The summed E-state index contributed by atoms with van der Waals surface area (Å²) < 4.78 is 5.17. The predicted octanol–water partition coefficient (Wildman–Crippen LogP) is 1.77. The van der Waals surface area contributed by atoms with Gasteiger partial charge in [-0.05, 0) is 23.8 Å². The fraction of sp³-hybridized carbons (Fsp3) is 0.231. The first kappa shape index (κ1) is 11.5. The molecular weight excluding hydrogens is 214 g/mol. The summed E-state index contributed by atoms with van der Waals surface area (Å²) in [5.41, 5.74) is 1.18. The molecule has 0 radical (unpaired) electrons. The molecule has 0 saturated carbocycles. The summed E-state index contributed by atoms with van der Waals surface area (Å²) >= 11 is 0. The highest BCUT2D eigenvalue weighted by Gasteiger charge is 1.97. The van der Waals surface area contributed by atoms with Gasteiger partial charge in [0.15, 0.2) is 0 Å². The van der Waals surface area contributed by atoms with Gasteiger partial charge in [0, 0.05) is 18.9 Å². The van der Waals surface area contributed by atoms with Crippen LogP contribution in [0.1, 0.15) is 11.4 Å². The first-order valence-corrected chi connectivity index (χ1v) is 5.48. The van der Waals surface area contributed by atoms with Gasteiger partial charge in [-0.25, -0.2) is 9.97 Å². The Bertz CT molecular complexity index is 459. The van der Waals surface area contributed by atoms with E-state index in [2.05, 4.69) is 21.4 Å². The summed E-state index contributed by atoms with van der Waals surface area (Å²) in [6, 6.07) is 9.80. The van der Waals surface area contributed by atoms with Crippen LogP contribution in [0.5, 0.6) is 5.75 Å². The largest absolute Gasteiger partial charge is 0.497 e. The van der Waals surface area contributed by atoms with E-state index in [1.165, 1.54) is 5.56 Å². The number of aromatic nitrogens is 2. The number of nitrogens with one attached hydrogen (secondary N) is 1. The second kappa shape index (κ2) is 5.96. The van der Waals surface area contributed by atoms with Crippen LogP contribution < -0.4 is 10.1 Å². The summed E-state index contributed by atoms with van der Waals surface area (Å²) in [7, 11) is 1.67. The Kier molecular flexibility index (Phi) is 4.05. The van der Waals surface area contributed by atoms with Crippen LogP contribution in [0.2, 0.25) is 0 Å². The highest BCUT2D eigenvalue weighted by Crippen LogP contribution is 2.12. The molecule has 1 aromatic carbocycles. The number of rotatable bonds is 5. The molecule has 2 aromatic rings. The number of methoxy groups -OCH3 is 1. The molecule has 0 aliphatic rings. The summed E-state index contributed by atoms with van der Waals surface area (Å²) in [5.74, 6) is 1.68. The molecule has 88 valence electrons. The Morgan fingerprint density at radius 3 is 2.71 bits per heavy atom. The van der Waals surface area contributed by atoms with Gasteiger partial charge in [0.1, 0.15) is 11.6 Å². The Balaban J connectivity index is 1.86. The lowest BCUT2D eigenvalue weighted by molar-refractivity contribution is 0.414. The van der Waals surface area contributed by atoms with Gasteiger partial charge in [-0.3, -0.25) is 0 Å². The van der Waals surface area contributed by atoms with E-state index in [4.69, 9.17) is 4.74 Å². The molecule has 17 heavy (non-hydrogen) atoms. The van der Waals surface area contributed by atoms with Crippen molar-refractivity contribution >= 4 is 0 Å². The first-order valence-electron chi connectivity index (χ1n) is 5.48. The minimum Gasteiger partial charge on any atom is -0.497 e. The van der Waals surface area contributed by atoms with Crippen molar-refractivity contribution in [1.82, 2.24) is 15.3 Å². The molecule has 1 aromatic heterocycles. The smallest absolute Gasteiger partial charge is 0.141 e. The van der Waals surface area contributed by atoms with Crippen molar-refractivity contribution < 1.29 is 4.74 Å². The molecule has 0 aliphatic heterocycles. The standard InChI is InChI=1S/C13H15N3O/c1-17-12-5-2-4-11(8-12)9-14-10-13-15-6-3-7-16-13/h2-8,14H,9-10H2,1H3. The lowest BCUT2D eigenvalue weighted by atomic mass is 10.2. The monoisotopic (exact) mass is 229 g/mol. The molecule has 1 heterocycles. The number of ether oxygens (including phenoxy) is 1. The Morgan fingerprint density at radius 1 is 1.12 bits per heavy atom. The van der Waals surface area contributed by atoms with Crippen molar-refractivity contribution in [2.75, 3.05) is 7.11 Å². The van der Waals surface area contributed by atoms with Crippen molar-refractivity contribution in [2.45, 2.75) is 13.1 Å². The van der Waals surface area contributed by atoms with Gasteiger partial charge in [0.25, 0.3) is 0 Å². The van der Waals surface area contributed by atoms with E-state index in [1.807, 2.05) is 24.3 Å². The van der Waals surface area contributed by atoms with Crippen LogP contribution in [0, 0.1) is 0 Å². The van der Waals surface area contributed by atoms with Crippen LogP contribution in [-0.4, -0.2) is 17.1 Å². The Morgan fingerprint density at radius 2 is 1.94 bits per heavy atom. The number of benzene rings is 1. The predicted molar refractivity (Wildman–Crippen MR) is 65.6 cm³/mol. The minimum absolute atomic E-state index is 0.665. The van der Waals surface area contributed by atoms with Gasteiger partial charge in [-0.2, -0.15) is 0 Å². The molecule has 0 spiro atoms. The average Bonchev–Trinajstić information content (AvgIpc) is 2.40. The molecule has 4 heteroatoms. The summed E-state index contributed by atoms with van der Waals surface area (Å²) in [6.07, 6.45) is 3.49. The van der Waals surface area contributed by atoms with Crippen molar-refractivity contribution in [1.29, 1.82) is 0 Å². The van der Waals surface area contributed by atoms with Crippen LogP contribution in [0.25, 0.3) is 0 Å². The summed E-state index contributed by atoms with van der Waals surface area (Å²) in [5, 5.41) is 3.29. The Hall–Kier alpha value is -1.94. The lowest BCUT2D eigenvalue weighted by Gasteiger charge is -2.05. The molecule has 0 atom stereocenters. The number of hydrogen-bond donors (Lipinski definition) is 1. The lowest BCUT2D eigenvalue weighted by Crippen LogP contribution is -2.14. The fourth-order valence-corrected chi connectivity index (χ4v) is 1.52. The minimum atomic E-state index is 0.665. The van der Waals surface area contributed by atoms with Crippen LogP contribution in [0.3, 0.4) is 0 Å². The maximum absolute atomic E-state index is 5.17. The van der Waals surface area contributed by atoms with E-state index < -0.39 is 0 Å². The van der Waals surface area contributed by atoms with Crippen molar-refractivity contribution in [3.8, 4) is 5.75 Å². The second-order valence-corrected chi connectivity index (χ2v) is 3.62. The quantitative estimate of drug-likeness (QED) is 0.849. The number of hydrogen-bond acceptors (Lipinski definition) is 4. The SMILES string of the molecule is COc1cccc(CNCc2ncccn2)c1. The van der Waals surface area contributed by atoms with E-state index >= 15 is 0 Å². The third-order valence-electron chi connectivity index (χ3n) is 2.37. The topological polar surface area (TPSA) is 47.0 Å². The van der Waals surface area contributed by atoms with Gasteiger partial charge in [0.05, 0.1) is 13.7 Å². The molecule has 0 unspecified atom stereocenters. The van der Waals surface area contributed by atoms with Crippen LogP contribution in [0.4, 0.5) is 0 Å². The molecule has 0 bridgehead atoms. The third kappa shape index (κ3) is 3.53. The zero-order chi connectivity index (χ0) is 11.9. The zero-order valence-electron chi connectivity index (χ0n) is 9.76. The molecule has 4 nitrogen and oxygen atoms in total. The van der Waals surface area contributed by atoms with Crippen molar-refractivity contribution in [3.63, 3.8) is 0 Å². The highest BCUT2D eigenvalue weighted by molar-refractivity contribution is 5.28. The molecule has 2 rings (SSSR count). The van der Waals surface area contributed by atoms with Crippen LogP contribution in [0.15, 0.2) is 42.7 Å².